The maximum absolute atomic E-state index is 13.9. The number of amides is 1. The predicted molar refractivity (Wildman–Crippen MR) is 132 cm³/mol. The van der Waals surface area contributed by atoms with Gasteiger partial charge in [0, 0.05) is 43.5 Å². The van der Waals surface area contributed by atoms with E-state index in [1.54, 1.807) is 43.9 Å². The normalized spacial score (nSPS) is 19.7. The van der Waals surface area contributed by atoms with Crippen molar-refractivity contribution in [2.75, 3.05) is 13.1 Å². The number of aryl methyl sites for hydroxylation is 1. The Morgan fingerprint density at radius 2 is 1.80 bits per heavy atom. The molecule has 0 saturated carbocycles. The lowest BCUT2D eigenvalue weighted by Gasteiger charge is -2.47. The standard InChI is InChI=1S/C27H34FNO5S/c1-17(2)33-24-16-27(34-23-8-7-21(28)15-22(23)24)10-12-29(13-11-27)26(30)20-6-9-25(19(5)14-20)35(31,32)18(3)4/h6-9,14-15,17-18,24H,10-13,16H2,1-5H3. The molecule has 2 aliphatic rings. The number of fused-ring (bicyclic) bond motifs is 1. The van der Waals surface area contributed by atoms with Gasteiger partial charge < -0.3 is 14.4 Å². The molecule has 0 bridgehead atoms. The van der Waals surface area contributed by atoms with Crippen molar-refractivity contribution in [3.63, 3.8) is 0 Å². The Balaban J connectivity index is 1.50. The Hall–Kier alpha value is -2.45. The largest absolute Gasteiger partial charge is 0.487 e. The van der Waals surface area contributed by atoms with Gasteiger partial charge in [-0.05, 0) is 76.6 Å². The second kappa shape index (κ2) is 9.54. The minimum absolute atomic E-state index is 0.0151. The lowest BCUT2D eigenvalue weighted by atomic mass is 9.81. The molecule has 1 atom stereocenters. The fourth-order valence-electron chi connectivity index (χ4n) is 5.00. The van der Waals surface area contributed by atoms with E-state index in [0.717, 1.165) is 5.56 Å². The Bertz CT molecular complexity index is 1220. The van der Waals surface area contributed by atoms with Crippen molar-refractivity contribution in [2.24, 2.45) is 0 Å². The molecular formula is C27H34FNO5S. The molecule has 4 rings (SSSR count). The third kappa shape index (κ3) is 5.09. The molecule has 35 heavy (non-hydrogen) atoms. The number of benzene rings is 2. The smallest absolute Gasteiger partial charge is 0.253 e. The molecule has 190 valence electrons. The summed E-state index contributed by atoms with van der Waals surface area (Å²) in [6.07, 6.45) is 1.58. The number of likely N-dealkylation sites (tertiary alicyclic amines) is 1. The maximum atomic E-state index is 13.9. The molecule has 2 heterocycles. The lowest BCUT2D eigenvalue weighted by molar-refractivity contribution is -0.0873. The summed E-state index contributed by atoms with van der Waals surface area (Å²) >= 11 is 0. The minimum Gasteiger partial charge on any atom is -0.487 e. The van der Waals surface area contributed by atoms with Crippen LogP contribution >= 0.6 is 0 Å². The zero-order chi connectivity index (χ0) is 25.5. The van der Waals surface area contributed by atoms with Crippen LogP contribution in [-0.4, -0.2) is 49.3 Å². The number of sulfone groups is 1. The number of piperidine rings is 1. The number of halogens is 1. The molecule has 2 aromatic rings. The highest BCUT2D eigenvalue weighted by Crippen LogP contribution is 2.46. The number of carbonyl (C=O) groups is 1. The number of hydrogen-bond donors (Lipinski definition) is 0. The first kappa shape index (κ1) is 25.6. The third-order valence-electron chi connectivity index (χ3n) is 6.95. The van der Waals surface area contributed by atoms with Crippen LogP contribution in [0, 0.1) is 12.7 Å². The molecule has 0 radical (unpaired) electrons. The summed E-state index contributed by atoms with van der Waals surface area (Å²) in [6, 6.07) is 9.35. The summed E-state index contributed by atoms with van der Waals surface area (Å²) in [4.78, 5) is 15.3. The number of nitrogens with zero attached hydrogens (tertiary/aromatic N) is 1. The van der Waals surface area contributed by atoms with Crippen molar-refractivity contribution < 1.29 is 27.1 Å². The molecule has 1 fully saturated rings. The highest BCUT2D eigenvalue weighted by Gasteiger charge is 2.45. The van der Waals surface area contributed by atoms with Gasteiger partial charge in [0.25, 0.3) is 5.91 Å². The Labute approximate surface area is 207 Å². The van der Waals surface area contributed by atoms with Gasteiger partial charge in [0.15, 0.2) is 9.84 Å². The molecule has 2 aromatic carbocycles. The number of rotatable bonds is 5. The van der Waals surface area contributed by atoms with Gasteiger partial charge in [-0.15, -0.1) is 0 Å². The molecule has 1 saturated heterocycles. The molecule has 1 spiro atoms. The Morgan fingerprint density at radius 1 is 1.11 bits per heavy atom. The summed E-state index contributed by atoms with van der Waals surface area (Å²) in [7, 11) is -3.41. The highest BCUT2D eigenvalue weighted by atomic mass is 32.2. The maximum Gasteiger partial charge on any atom is 0.253 e. The Morgan fingerprint density at radius 3 is 2.40 bits per heavy atom. The highest BCUT2D eigenvalue weighted by molar-refractivity contribution is 7.92. The second-order valence-electron chi connectivity index (χ2n) is 10.2. The number of ether oxygens (including phenoxy) is 2. The first-order valence-electron chi connectivity index (χ1n) is 12.2. The van der Waals surface area contributed by atoms with E-state index in [9.17, 15) is 17.6 Å². The van der Waals surface area contributed by atoms with Gasteiger partial charge in [-0.2, -0.15) is 0 Å². The zero-order valence-corrected chi connectivity index (χ0v) is 21.8. The molecule has 0 N–H and O–H groups in total. The van der Waals surface area contributed by atoms with Gasteiger partial charge in [-0.3, -0.25) is 4.79 Å². The van der Waals surface area contributed by atoms with Crippen LogP contribution in [0.2, 0.25) is 0 Å². The average Bonchev–Trinajstić information content (AvgIpc) is 2.79. The fraction of sp³-hybridized carbons (Fsp3) is 0.519. The van der Waals surface area contributed by atoms with Crippen molar-refractivity contribution in [1.82, 2.24) is 4.90 Å². The predicted octanol–water partition coefficient (Wildman–Crippen LogP) is 5.24. The van der Waals surface area contributed by atoms with Crippen LogP contribution in [-0.2, 0) is 14.6 Å². The Kier molecular flexibility index (Phi) is 6.99. The van der Waals surface area contributed by atoms with Crippen molar-refractivity contribution in [3.05, 3.63) is 58.9 Å². The average molecular weight is 504 g/mol. The van der Waals surface area contributed by atoms with Crippen molar-refractivity contribution in [3.8, 4) is 5.75 Å². The van der Waals surface area contributed by atoms with Gasteiger partial charge in [-0.25, -0.2) is 12.8 Å². The first-order chi connectivity index (χ1) is 16.4. The first-order valence-corrected chi connectivity index (χ1v) is 13.7. The quantitative estimate of drug-likeness (QED) is 0.558. The molecule has 6 nitrogen and oxygen atoms in total. The van der Waals surface area contributed by atoms with Crippen LogP contribution in [0.4, 0.5) is 4.39 Å². The summed E-state index contributed by atoms with van der Waals surface area (Å²) < 4.78 is 51.6. The summed E-state index contributed by atoms with van der Waals surface area (Å²) in [5.41, 5.74) is 1.31. The SMILES string of the molecule is Cc1cc(C(=O)N2CCC3(CC2)CC(OC(C)C)c2cc(F)ccc2O3)ccc1S(=O)(=O)C(C)C. The van der Waals surface area contributed by atoms with E-state index in [-0.39, 0.29) is 28.8 Å². The number of carbonyl (C=O) groups excluding carboxylic acids is 1. The summed E-state index contributed by atoms with van der Waals surface area (Å²) in [5, 5.41) is -0.526. The molecule has 1 amide bonds. The van der Waals surface area contributed by atoms with E-state index in [1.807, 2.05) is 13.8 Å². The van der Waals surface area contributed by atoms with Crippen LogP contribution in [0.1, 0.15) is 74.5 Å². The van der Waals surface area contributed by atoms with Gasteiger partial charge in [0.2, 0.25) is 0 Å². The van der Waals surface area contributed by atoms with E-state index in [0.29, 0.717) is 49.2 Å². The van der Waals surface area contributed by atoms with Gasteiger partial charge >= 0.3 is 0 Å². The van der Waals surface area contributed by atoms with Crippen LogP contribution in [0.15, 0.2) is 41.3 Å². The molecule has 0 aliphatic carbocycles. The second-order valence-corrected chi connectivity index (χ2v) is 12.7. The van der Waals surface area contributed by atoms with Crippen LogP contribution in [0.3, 0.4) is 0 Å². The van der Waals surface area contributed by atoms with Crippen LogP contribution in [0.5, 0.6) is 5.75 Å². The van der Waals surface area contributed by atoms with Crippen molar-refractivity contribution in [1.29, 1.82) is 0 Å². The molecule has 2 aliphatic heterocycles. The van der Waals surface area contributed by atoms with Crippen LogP contribution in [0.25, 0.3) is 0 Å². The molecule has 0 aromatic heterocycles. The topological polar surface area (TPSA) is 72.9 Å². The van der Waals surface area contributed by atoms with Gasteiger partial charge in [-0.1, -0.05) is 0 Å². The zero-order valence-electron chi connectivity index (χ0n) is 21.0. The van der Waals surface area contributed by atoms with Crippen molar-refractivity contribution >= 4 is 15.7 Å². The van der Waals surface area contributed by atoms with Crippen LogP contribution < -0.4 is 4.74 Å². The molecule has 8 heteroatoms. The fourth-order valence-corrected chi connectivity index (χ4v) is 6.27. The van der Waals surface area contributed by atoms with E-state index in [2.05, 4.69) is 0 Å². The summed E-state index contributed by atoms with van der Waals surface area (Å²) in [5.74, 6) is 0.203. The van der Waals surface area contributed by atoms with E-state index in [4.69, 9.17) is 9.47 Å². The van der Waals surface area contributed by atoms with E-state index in [1.165, 1.54) is 18.2 Å². The third-order valence-corrected chi connectivity index (χ3v) is 9.26. The molecular weight excluding hydrogens is 469 g/mol. The minimum atomic E-state index is -3.41. The lowest BCUT2D eigenvalue weighted by Crippen LogP contribution is -2.52. The van der Waals surface area contributed by atoms with E-state index >= 15 is 0 Å². The summed E-state index contributed by atoms with van der Waals surface area (Å²) in [6.45, 7) is 9.96. The monoisotopic (exact) mass is 503 g/mol. The van der Waals surface area contributed by atoms with Gasteiger partial charge in [0.1, 0.15) is 17.2 Å². The molecule has 1 unspecified atom stereocenters. The van der Waals surface area contributed by atoms with Gasteiger partial charge in [0.05, 0.1) is 22.4 Å². The number of hydrogen-bond acceptors (Lipinski definition) is 5. The van der Waals surface area contributed by atoms with E-state index < -0.39 is 20.7 Å². The van der Waals surface area contributed by atoms with Crippen molar-refractivity contribution in [2.45, 2.75) is 81.8 Å².